The topological polar surface area (TPSA) is 9.23 Å². The van der Waals surface area contributed by atoms with E-state index in [1.807, 2.05) is 24.3 Å². The van der Waals surface area contributed by atoms with Gasteiger partial charge in [-0.1, -0.05) is 55.7 Å². The first kappa shape index (κ1) is 14.9. The van der Waals surface area contributed by atoms with Crippen molar-refractivity contribution in [1.82, 2.24) is 0 Å². The molecule has 1 fully saturated rings. The van der Waals surface area contributed by atoms with E-state index >= 15 is 0 Å². The van der Waals surface area contributed by atoms with E-state index in [-0.39, 0.29) is 0 Å². The number of hydrogen-bond donors (Lipinski definition) is 0. The van der Waals surface area contributed by atoms with Crippen LogP contribution in [0, 0.1) is 17.8 Å². The zero-order valence-electron chi connectivity index (χ0n) is 13.1. The van der Waals surface area contributed by atoms with Crippen LogP contribution in [0.5, 0.6) is 5.75 Å². The summed E-state index contributed by atoms with van der Waals surface area (Å²) in [5, 5.41) is 0. The van der Waals surface area contributed by atoms with Crippen LogP contribution >= 0.6 is 0 Å². The minimum absolute atomic E-state index is 0.815. The Bertz CT molecular complexity index is 591. The number of benzene rings is 1. The number of hydrogen-bond acceptors (Lipinski definition) is 1. The van der Waals surface area contributed by atoms with Crippen molar-refractivity contribution >= 4 is 5.57 Å². The maximum Gasteiger partial charge on any atom is 0.119 e. The third-order valence-electron chi connectivity index (χ3n) is 4.88. The maximum absolute atomic E-state index is 5.91. The predicted molar refractivity (Wildman–Crippen MR) is 93.8 cm³/mol. The molecule has 0 N–H and O–H groups in total. The summed E-state index contributed by atoms with van der Waals surface area (Å²) >= 11 is 0. The average molecular weight is 292 g/mol. The van der Waals surface area contributed by atoms with Crippen LogP contribution < -0.4 is 4.74 Å². The summed E-state index contributed by atoms with van der Waals surface area (Å²) in [5.74, 6) is 3.44. The van der Waals surface area contributed by atoms with Gasteiger partial charge in [-0.25, -0.2) is 0 Å². The molecule has 22 heavy (non-hydrogen) atoms. The molecule has 0 amide bonds. The van der Waals surface area contributed by atoms with E-state index in [0.717, 1.165) is 41.2 Å². The molecule has 0 spiro atoms. The Morgan fingerprint density at radius 2 is 1.95 bits per heavy atom. The highest BCUT2D eigenvalue weighted by Crippen LogP contribution is 2.44. The van der Waals surface area contributed by atoms with E-state index in [1.165, 1.54) is 19.3 Å². The van der Waals surface area contributed by atoms with Crippen LogP contribution in [0.2, 0.25) is 0 Å². The summed E-state index contributed by atoms with van der Waals surface area (Å²) in [6.07, 6.45) is 14.3. The molecule has 0 aliphatic heterocycles. The zero-order chi connectivity index (χ0) is 15.4. The SMILES string of the molecule is C=C/C=C(\C=C)c1ccc(OCCC2CC3C=CC2C3)cc1. The molecular weight excluding hydrogens is 268 g/mol. The van der Waals surface area contributed by atoms with Gasteiger partial charge in [0.05, 0.1) is 6.61 Å². The molecule has 2 aliphatic rings. The molecule has 0 radical (unpaired) electrons. The summed E-state index contributed by atoms with van der Waals surface area (Å²) in [4.78, 5) is 0. The molecule has 1 aromatic carbocycles. The van der Waals surface area contributed by atoms with E-state index in [2.05, 4.69) is 37.4 Å². The monoisotopic (exact) mass is 292 g/mol. The highest BCUT2D eigenvalue weighted by atomic mass is 16.5. The molecule has 2 aliphatic carbocycles. The first-order chi connectivity index (χ1) is 10.8. The van der Waals surface area contributed by atoms with Crippen molar-refractivity contribution in [2.75, 3.05) is 6.61 Å². The van der Waals surface area contributed by atoms with Crippen molar-refractivity contribution in [1.29, 1.82) is 0 Å². The summed E-state index contributed by atoms with van der Waals surface area (Å²) in [7, 11) is 0. The van der Waals surface area contributed by atoms with Gasteiger partial charge >= 0.3 is 0 Å². The summed E-state index contributed by atoms with van der Waals surface area (Å²) in [5.41, 5.74) is 2.22. The first-order valence-electron chi connectivity index (χ1n) is 8.17. The van der Waals surface area contributed by atoms with Crippen molar-refractivity contribution in [2.45, 2.75) is 19.3 Å². The lowest BCUT2D eigenvalue weighted by molar-refractivity contribution is 0.263. The van der Waals surface area contributed by atoms with Gasteiger partial charge in [-0.3, -0.25) is 0 Å². The van der Waals surface area contributed by atoms with Crippen molar-refractivity contribution in [2.24, 2.45) is 17.8 Å². The second kappa shape index (κ2) is 6.83. The van der Waals surface area contributed by atoms with Crippen molar-refractivity contribution in [3.8, 4) is 5.75 Å². The van der Waals surface area contributed by atoms with Gasteiger partial charge in [0.1, 0.15) is 5.75 Å². The van der Waals surface area contributed by atoms with Crippen molar-refractivity contribution in [3.05, 3.63) is 73.4 Å². The van der Waals surface area contributed by atoms with Gasteiger partial charge in [-0.05, 0) is 60.3 Å². The Hall–Kier alpha value is -2.02. The van der Waals surface area contributed by atoms with Gasteiger partial charge in [-0.15, -0.1) is 0 Å². The normalized spacial score (nSPS) is 26.2. The van der Waals surface area contributed by atoms with Gasteiger partial charge in [0.2, 0.25) is 0 Å². The summed E-state index contributed by atoms with van der Waals surface area (Å²) in [6, 6.07) is 8.23. The van der Waals surface area contributed by atoms with Crippen LogP contribution in [0.15, 0.2) is 67.8 Å². The molecule has 0 aromatic heterocycles. The second-order valence-electron chi connectivity index (χ2n) is 6.26. The highest BCUT2D eigenvalue weighted by Gasteiger charge is 2.35. The maximum atomic E-state index is 5.91. The predicted octanol–water partition coefficient (Wildman–Crippen LogP) is 5.42. The number of allylic oxidation sites excluding steroid dienone is 6. The van der Waals surface area contributed by atoms with E-state index in [0.29, 0.717) is 0 Å². The van der Waals surface area contributed by atoms with Crippen molar-refractivity contribution in [3.63, 3.8) is 0 Å². The third kappa shape index (κ3) is 3.24. The van der Waals surface area contributed by atoms with E-state index in [4.69, 9.17) is 4.74 Å². The molecule has 1 nitrogen and oxygen atoms in total. The minimum atomic E-state index is 0.815. The molecule has 0 saturated heterocycles. The Labute approximate surface area is 133 Å². The van der Waals surface area contributed by atoms with Crippen LogP contribution in [0.4, 0.5) is 0 Å². The van der Waals surface area contributed by atoms with E-state index in [1.54, 1.807) is 6.08 Å². The Balaban J connectivity index is 1.51. The smallest absolute Gasteiger partial charge is 0.119 e. The standard InChI is InChI=1S/C21H24O/c1-3-5-17(4-2)18-8-10-21(11-9-18)22-13-12-20-15-16-6-7-19(20)14-16/h3-11,16,19-20H,1-2,12-15H2/b17-5+. The van der Waals surface area contributed by atoms with Gasteiger partial charge in [-0.2, -0.15) is 0 Å². The molecule has 3 atom stereocenters. The molecule has 114 valence electrons. The van der Waals surface area contributed by atoms with Gasteiger partial charge in [0.15, 0.2) is 0 Å². The minimum Gasteiger partial charge on any atom is -0.494 e. The average Bonchev–Trinajstić information content (AvgIpc) is 3.16. The van der Waals surface area contributed by atoms with Crippen LogP contribution in [0.1, 0.15) is 24.8 Å². The van der Waals surface area contributed by atoms with Gasteiger partial charge in [0, 0.05) is 0 Å². The lowest BCUT2D eigenvalue weighted by atomic mass is 9.91. The fourth-order valence-electron chi connectivity index (χ4n) is 3.71. The first-order valence-corrected chi connectivity index (χ1v) is 8.17. The molecule has 0 heterocycles. The van der Waals surface area contributed by atoms with E-state index in [9.17, 15) is 0 Å². The molecular formula is C21H24O. The summed E-state index contributed by atoms with van der Waals surface area (Å²) < 4.78 is 5.91. The number of ether oxygens (including phenoxy) is 1. The Morgan fingerprint density at radius 1 is 1.14 bits per heavy atom. The van der Waals surface area contributed by atoms with Gasteiger partial charge < -0.3 is 4.74 Å². The number of fused-ring (bicyclic) bond motifs is 2. The lowest BCUT2D eigenvalue weighted by Gasteiger charge is -2.18. The van der Waals surface area contributed by atoms with E-state index < -0.39 is 0 Å². The van der Waals surface area contributed by atoms with Crippen LogP contribution in [0.3, 0.4) is 0 Å². The lowest BCUT2D eigenvalue weighted by Crippen LogP contribution is -2.11. The van der Waals surface area contributed by atoms with Crippen LogP contribution in [-0.4, -0.2) is 6.61 Å². The fourth-order valence-corrected chi connectivity index (χ4v) is 3.71. The molecule has 2 bridgehead atoms. The van der Waals surface area contributed by atoms with Crippen molar-refractivity contribution < 1.29 is 4.74 Å². The van der Waals surface area contributed by atoms with Crippen LogP contribution in [0.25, 0.3) is 5.57 Å². The van der Waals surface area contributed by atoms with Gasteiger partial charge in [0.25, 0.3) is 0 Å². The largest absolute Gasteiger partial charge is 0.494 e. The highest BCUT2D eigenvalue weighted by molar-refractivity contribution is 5.74. The molecule has 1 aromatic rings. The Kier molecular flexibility index (Phi) is 4.62. The summed E-state index contributed by atoms with van der Waals surface area (Å²) in [6.45, 7) is 8.39. The molecule has 3 rings (SSSR count). The third-order valence-corrected chi connectivity index (χ3v) is 4.88. The zero-order valence-corrected chi connectivity index (χ0v) is 13.1. The quantitative estimate of drug-likeness (QED) is 0.481. The number of rotatable bonds is 7. The Morgan fingerprint density at radius 3 is 2.55 bits per heavy atom. The molecule has 3 unspecified atom stereocenters. The fraction of sp³-hybridized carbons (Fsp3) is 0.333. The van der Waals surface area contributed by atoms with Crippen LogP contribution in [-0.2, 0) is 0 Å². The molecule has 1 saturated carbocycles. The molecule has 1 heteroatoms. The second-order valence-corrected chi connectivity index (χ2v) is 6.26.